The minimum atomic E-state index is -3.42. The Morgan fingerprint density at radius 3 is 2.25 bits per heavy atom. The Morgan fingerprint density at radius 2 is 1.71 bits per heavy atom. The van der Waals surface area contributed by atoms with Crippen LogP contribution in [-0.4, -0.2) is 74.2 Å². The number of carbonyl (C=O) groups is 1. The predicted octanol–water partition coefficient (Wildman–Crippen LogP) is 1.29. The van der Waals surface area contributed by atoms with E-state index in [1.807, 2.05) is 18.7 Å². The molecule has 3 rings (SSSR count). The monoisotopic (exact) mass is 371 g/mol. The molecule has 1 amide bonds. The highest BCUT2D eigenvalue weighted by Crippen LogP contribution is 2.28. The molecule has 0 atom stereocenters. The molecule has 8 heteroatoms. The van der Waals surface area contributed by atoms with E-state index in [9.17, 15) is 13.2 Å². The quantitative estimate of drug-likeness (QED) is 0.800. The molecular formula is C16H25N3O3S2. The van der Waals surface area contributed by atoms with Crippen molar-refractivity contribution >= 4 is 27.3 Å². The number of hydrogen-bond donors (Lipinski definition) is 0. The van der Waals surface area contributed by atoms with E-state index in [0.717, 1.165) is 35.7 Å². The van der Waals surface area contributed by atoms with Crippen LogP contribution in [0.2, 0.25) is 0 Å². The number of aryl methyl sites for hydroxylation is 2. The van der Waals surface area contributed by atoms with Gasteiger partial charge in [-0.05, 0) is 32.8 Å². The number of thiophene rings is 1. The number of amides is 1. The molecule has 134 valence electrons. The molecule has 3 heterocycles. The van der Waals surface area contributed by atoms with Crippen molar-refractivity contribution in [3.8, 4) is 0 Å². The van der Waals surface area contributed by atoms with Crippen molar-refractivity contribution in [1.29, 1.82) is 0 Å². The van der Waals surface area contributed by atoms with Crippen LogP contribution in [-0.2, 0) is 14.8 Å². The Hall–Kier alpha value is -0.960. The summed E-state index contributed by atoms with van der Waals surface area (Å²) in [7, 11) is -3.42. The molecule has 0 spiro atoms. The van der Waals surface area contributed by atoms with Crippen LogP contribution in [0, 0.1) is 13.8 Å². The van der Waals surface area contributed by atoms with E-state index in [0.29, 0.717) is 37.6 Å². The molecule has 24 heavy (non-hydrogen) atoms. The molecule has 0 aromatic carbocycles. The average molecular weight is 372 g/mol. The zero-order chi connectivity index (χ0) is 17.3. The van der Waals surface area contributed by atoms with Crippen molar-refractivity contribution in [2.75, 3.05) is 45.8 Å². The molecule has 0 unspecified atom stereocenters. The second-order valence-corrected chi connectivity index (χ2v) is 9.91. The third-order valence-electron chi connectivity index (χ3n) is 4.76. The maximum atomic E-state index is 12.8. The van der Waals surface area contributed by atoms with Gasteiger partial charge in [0.05, 0.1) is 11.4 Å². The Kier molecular flexibility index (Phi) is 5.29. The fourth-order valence-electron chi connectivity index (χ4n) is 3.39. The molecule has 0 bridgehead atoms. The van der Waals surface area contributed by atoms with Crippen LogP contribution >= 0.6 is 11.3 Å². The molecule has 0 radical (unpaired) electrons. The van der Waals surface area contributed by atoms with E-state index in [2.05, 4.69) is 4.90 Å². The lowest BCUT2D eigenvalue weighted by Crippen LogP contribution is -2.51. The molecule has 2 aliphatic heterocycles. The highest BCUT2D eigenvalue weighted by molar-refractivity contribution is 7.89. The van der Waals surface area contributed by atoms with Gasteiger partial charge in [0.15, 0.2) is 0 Å². The first-order chi connectivity index (χ1) is 11.4. The van der Waals surface area contributed by atoms with Gasteiger partial charge in [0.25, 0.3) is 0 Å². The van der Waals surface area contributed by atoms with E-state index in [-0.39, 0.29) is 5.91 Å². The number of sulfonamides is 1. The van der Waals surface area contributed by atoms with Gasteiger partial charge in [0, 0.05) is 49.0 Å². The van der Waals surface area contributed by atoms with Crippen molar-refractivity contribution in [1.82, 2.24) is 14.1 Å². The van der Waals surface area contributed by atoms with Gasteiger partial charge >= 0.3 is 0 Å². The lowest BCUT2D eigenvalue weighted by molar-refractivity contribution is -0.131. The van der Waals surface area contributed by atoms with Crippen LogP contribution in [0.3, 0.4) is 0 Å². The smallest absolute Gasteiger partial charge is 0.244 e. The molecule has 0 N–H and O–H groups in total. The first-order valence-corrected chi connectivity index (χ1v) is 10.7. The molecular weight excluding hydrogens is 346 g/mol. The van der Waals surface area contributed by atoms with E-state index in [4.69, 9.17) is 0 Å². The van der Waals surface area contributed by atoms with Crippen LogP contribution in [0.15, 0.2) is 11.0 Å². The number of hydrogen-bond acceptors (Lipinski definition) is 5. The summed E-state index contributed by atoms with van der Waals surface area (Å²) < 4.78 is 27.2. The van der Waals surface area contributed by atoms with Crippen LogP contribution in [0.5, 0.6) is 0 Å². The molecule has 0 saturated carbocycles. The summed E-state index contributed by atoms with van der Waals surface area (Å²) in [6.45, 7) is 8.04. The van der Waals surface area contributed by atoms with Crippen LogP contribution in [0.1, 0.15) is 22.6 Å². The van der Waals surface area contributed by atoms with Crippen molar-refractivity contribution in [2.45, 2.75) is 31.6 Å². The molecule has 1 aromatic heterocycles. The normalized spacial score (nSPS) is 20.7. The second kappa shape index (κ2) is 7.11. The first kappa shape index (κ1) is 17.8. The summed E-state index contributed by atoms with van der Waals surface area (Å²) in [4.78, 5) is 18.5. The third kappa shape index (κ3) is 3.66. The molecule has 2 aliphatic rings. The lowest BCUT2D eigenvalue weighted by atomic mass is 10.3. The second-order valence-electron chi connectivity index (χ2n) is 6.55. The number of piperazine rings is 1. The van der Waals surface area contributed by atoms with Crippen LogP contribution in [0.25, 0.3) is 0 Å². The number of rotatable bonds is 4. The molecule has 2 saturated heterocycles. The van der Waals surface area contributed by atoms with Crippen molar-refractivity contribution in [3.63, 3.8) is 0 Å². The zero-order valence-electron chi connectivity index (χ0n) is 14.3. The largest absolute Gasteiger partial charge is 0.342 e. The standard InChI is InChI=1S/C16H25N3O3S2/c1-13-11-15(14(2)23-13)24(21,22)19-9-7-17(8-10-19)12-16(20)18-5-3-4-6-18/h11H,3-10,12H2,1-2H3. The molecule has 0 aliphatic carbocycles. The summed E-state index contributed by atoms with van der Waals surface area (Å²) in [5.74, 6) is 0.174. The van der Waals surface area contributed by atoms with Gasteiger partial charge in [-0.25, -0.2) is 8.42 Å². The fraction of sp³-hybridized carbons (Fsp3) is 0.688. The SMILES string of the molecule is Cc1cc(S(=O)(=O)N2CCN(CC(=O)N3CCCC3)CC2)c(C)s1. The van der Waals surface area contributed by atoms with Gasteiger partial charge in [-0.1, -0.05) is 0 Å². The average Bonchev–Trinajstić information content (AvgIpc) is 3.17. The zero-order valence-corrected chi connectivity index (χ0v) is 16.0. The molecule has 2 fully saturated rings. The van der Waals surface area contributed by atoms with Crippen LogP contribution < -0.4 is 0 Å². The van der Waals surface area contributed by atoms with E-state index in [1.165, 1.54) is 11.3 Å². The summed E-state index contributed by atoms with van der Waals surface area (Å²) in [6.07, 6.45) is 2.19. The first-order valence-electron chi connectivity index (χ1n) is 8.45. The highest BCUT2D eigenvalue weighted by atomic mass is 32.2. The summed E-state index contributed by atoms with van der Waals surface area (Å²) in [5.41, 5.74) is 0. The summed E-state index contributed by atoms with van der Waals surface area (Å²) in [6, 6.07) is 1.76. The van der Waals surface area contributed by atoms with Gasteiger partial charge in [0.2, 0.25) is 15.9 Å². The maximum Gasteiger partial charge on any atom is 0.244 e. The van der Waals surface area contributed by atoms with E-state index < -0.39 is 10.0 Å². The predicted molar refractivity (Wildman–Crippen MR) is 94.8 cm³/mol. The van der Waals surface area contributed by atoms with Gasteiger partial charge in [-0.2, -0.15) is 4.31 Å². The lowest BCUT2D eigenvalue weighted by Gasteiger charge is -2.34. The maximum absolute atomic E-state index is 12.8. The Morgan fingerprint density at radius 1 is 1.08 bits per heavy atom. The van der Waals surface area contributed by atoms with Crippen LogP contribution in [0.4, 0.5) is 0 Å². The summed E-state index contributed by atoms with van der Waals surface area (Å²) in [5, 5.41) is 0. The Bertz CT molecular complexity index is 700. The fourth-order valence-corrected chi connectivity index (χ4v) is 6.33. The highest BCUT2D eigenvalue weighted by Gasteiger charge is 2.31. The van der Waals surface area contributed by atoms with Gasteiger partial charge < -0.3 is 4.90 Å². The molecule has 6 nitrogen and oxygen atoms in total. The Labute approximate surface area is 148 Å². The van der Waals surface area contributed by atoms with Crippen molar-refractivity contribution in [2.24, 2.45) is 0 Å². The van der Waals surface area contributed by atoms with Crippen molar-refractivity contribution < 1.29 is 13.2 Å². The minimum absolute atomic E-state index is 0.174. The number of carbonyl (C=O) groups excluding carboxylic acids is 1. The molecule has 1 aromatic rings. The summed E-state index contributed by atoms with van der Waals surface area (Å²) >= 11 is 1.52. The van der Waals surface area contributed by atoms with E-state index in [1.54, 1.807) is 10.4 Å². The Balaban J connectivity index is 1.58. The van der Waals surface area contributed by atoms with E-state index >= 15 is 0 Å². The third-order valence-corrected chi connectivity index (χ3v) is 7.88. The van der Waals surface area contributed by atoms with Gasteiger partial charge in [0.1, 0.15) is 0 Å². The van der Waals surface area contributed by atoms with Gasteiger partial charge in [-0.3, -0.25) is 9.69 Å². The van der Waals surface area contributed by atoms with Gasteiger partial charge in [-0.15, -0.1) is 11.3 Å². The number of likely N-dealkylation sites (tertiary alicyclic amines) is 1. The minimum Gasteiger partial charge on any atom is -0.342 e. The topological polar surface area (TPSA) is 60.9 Å². The number of nitrogens with zero attached hydrogens (tertiary/aromatic N) is 3. The van der Waals surface area contributed by atoms with Crippen molar-refractivity contribution in [3.05, 3.63) is 15.8 Å².